The maximum absolute atomic E-state index is 12.6. The van der Waals surface area contributed by atoms with Crippen LogP contribution in [0.4, 0.5) is 5.13 Å². The van der Waals surface area contributed by atoms with Gasteiger partial charge in [-0.3, -0.25) is 4.79 Å². The molecule has 7 nitrogen and oxygen atoms in total. The van der Waals surface area contributed by atoms with Gasteiger partial charge in [-0.15, -0.1) is 0 Å². The number of amides is 1. The van der Waals surface area contributed by atoms with Gasteiger partial charge in [-0.25, -0.2) is 9.78 Å². The first-order chi connectivity index (χ1) is 18.0. The fraction of sp³-hybridized carbons (Fsp3) is 0.414. The van der Waals surface area contributed by atoms with Crippen LogP contribution in [0.5, 0.6) is 5.75 Å². The second-order valence-corrected chi connectivity index (χ2v) is 10.4. The standard InChI is InChI=1S/C29H35N3O4S/c1-32(27(33)23-11-7-4-8-12-23)17-18-36-24-15-13-21(14-16-24)19-25(28(34)35-2)31-29-30-20-26(37-29)22-9-5-3-6-10-22/h3,5-6,9-10,13-16,20,23,25H,4,7-8,11-12,17-19H2,1-2H3,(H,30,31)/t25-/m0/s1. The monoisotopic (exact) mass is 521 g/mol. The molecule has 0 saturated heterocycles. The number of benzene rings is 2. The minimum Gasteiger partial charge on any atom is -0.492 e. The van der Waals surface area contributed by atoms with Crippen molar-refractivity contribution >= 4 is 28.3 Å². The lowest BCUT2D eigenvalue weighted by atomic mass is 9.88. The molecule has 4 rings (SSSR count). The molecule has 3 aromatic rings. The number of aromatic nitrogens is 1. The molecule has 1 N–H and O–H groups in total. The van der Waals surface area contributed by atoms with E-state index >= 15 is 0 Å². The molecule has 1 amide bonds. The molecule has 1 aliphatic carbocycles. The highest BCUT2D eigenvalue weighted by Gasteiger charge is 2.24. The molecule has 37 heavy (non-hydrogen) atoms. The minimum absolute atomic E-state index is 0.170. The van der Waals surface area contributed by atoms with E-state index < -0.39 is 6.04 Å². The van der Waals surface area contributed by atoms with Gasteiger partial charge >= 0.3 is 5.97 Å². The average Bonchev–Trinajstić information content (AvgIpc) is 3.42. The lowest BCUT2D eigenvalue weighted by Gasteiger charge is -2.26. The number of carbonyl (C=O) groups excluding carboxylic acids is 2. The number of carbonyl (C=O) groups is 2. The van der Waals surface area contributed by atoms with E-state index in [1.807, 2.05) is 67.8 Å². The van der Waals surface area contributed by atoms with Gasteiger partial charge < -0.3 is 19.7 Å². The zero-order valence-corrected chi connectivity index (χ0v) is 22.3. The Balaban J connectivity index is 1.28. The smallest absolute Gasteiger partial charge is 0.328 e. The number of nitrogens with one attached hydrogen (secondary N) is 1. The normalized spacial score (nSPS) is 14.5. The highest BCUT2D eigenvalue weighted by Crippen LogP contribution is 2.29. The van der Waals surface area contributed by atoms with Crippen molar-refractivity contribution in [3.05, 3.63) is 66.4 Å². The summed E-state index contributed by atoms with van der Waals surface area (Å²) in [6.07, 6.45) is 7.81. The van der Waals surface area contributed by atoms with E-state index in [1.165, 1.54) is 24.9 Å². The molecule has 0 aliphatic heterocycles. The Bertz CT molecular complexity index is 1140. The number of ether oxygens (including phenoxy) is 2. The van der Waals surface area contributed by atoms with E-state index in [4.69, 9.17) is 9.47 Å². The number of anilines is 1. The van der Waals surface area contributed by atoms with Gasteiger partial charge in [0, 0.05) is 25.6 Å². The molecule has 0 bridgehead atoms. The first-order valence-electron chi connectivity index (χ1n) is 12.9. The third-order valence-electron chi connectivity index (χ3n) is 6.74. The van der Waals surface area contributed by atoms with Crippen LogP contribution in [0, 0.1) is 5.92 Å². The van der Waals surface area contributed by atoms with Crippen LogP contribution in [0.25, 0.3) is 10.4 Å². The SMILES string of the molecule is COC(=O)[C@H](Cc1ccc(OCCN(C)C(=O)C2CCCCC2)cc1)Nc1ncc(-c2ccccc2)s1. The molecule has 0 spiro atoms. The summed E-state index contributed by atoms with van der Waals surface area (Å²) in [6, 6.07) is 17.1. The van der Waals surface area contributed by atoms with Crippen LogP contribution >= 0.6 is 11.3 Å². The maximum Gasteiger partial charge on any atom is 0.328 e. The summed E-state index contributed by atoms with van der Waals surface area (Å²) in [5.41, 5.74) is 2.06. The average molecular weight is 522 g/mol. The number of esters is 1. The summed E-state index contributed by atoms with van der Waals surface area (Å²) in [7, 11) is 3.25. The Hall–Kier alpha value is -3.39. The molecule has 1 saturated carbocycles. The van der Waals surface area contributed by atoms with Gasteiger partial charge in [-0.05, 0) is 36.1 Å². The van der Waals surface area contributed by atoms with E-state index in [0.717, 1.165) is 47.4 Å². The van der Waals surface area contributed by atoms with Crippen LogP contribution in [-0.4, -0.2) is 55.1 Å². The van der Waals surface area contributed by atoms with Crippen LogP contribution in [0.1, 0.15) is 37.7 Å². The van der Waals surface area contributed by atoms with E-state index in [9.17, 15) is 9.59 Å². The van der Waals surface area contributed by atoms with Gasteiger partial charge in [0.15, 0.2) is 5.13 Å². The predicted octanol–water partition coefficient (Wildman–Crippen LogP) is 5.42. The van der Waals surface area contributed by atoms with Crippen LogP contribution in [0.15, 0.2) is 60.8 Å². The second kappa shape index (κ2) is 13.2. The van der Waals surface area contributed by atoms with E-state index in [0.29, 0.717) is 24.7 Å². The first kappa shape index (κ1) is 26.7. The van der Waals surface area contributed by atoms with Crippen molar-refractivity contribution in [3.63, 3.8) is 0 Å². The van der Waals surface area contributed by atoms with Crippen LogP contribution in [0.3, 0.4) is 0 Å². The van der Waals surface area contributed by atoms with E-state index in [1.54, 1.807) is 4.90 Å². The van der Waals surface area contributed by atoms with Crippen LogP contribution in [0.2, 0.25) is 0 Å². The molecule has 2 aromatic carbocycles. The summed E-state index contributed by atoms with van der Waals surface area (Å²) in [5, 5.41) is 3.90. The summed E-state index contributed by atoms with van der Waals surface area (Å²) in [4.78, 5) is 32.3. The summed E-state index contributed by atoms with van der Waals surface area (Å²) < 4.78 is 10.9. The van der Waals surface area contributed by atoms with Crippen molar-refractivity contribution in [1.82, 2.24) is 9.88 Å². The number of nitrogens with zero attached hydrogens (tertiary/aromatic N) is 2. The Labute approximate surface area is 222 Å². The van der Waals surface area contributed by atoms with Crippen LogP contribution in [-0.2, 0) is 20.7 Å². The van der Waals surface area contributed by atoms with Crippen molar-refractivity contribution in [3.8, 4) is 16.2 Å². The largest absolute Gasteiger partial charge is 0.492 e. The number of hydrogen-bond acceptors (Lipinski definition) is 7. The van der Waals surface area contributed by atoms with Crippen molar-refractivity contribution < 1.29 is 19.1 Å². The van der Waals surface area contributed by atoms with Crippen molar-refractivity contribution in [2.75, 3.05) is 32.6 Å². The third kappa shape index (κ3) is 7.55. The highest BCUT2D eigenvalue weighted by molar-refractivity contribution is 7.18. The molecule has 0 radical (unpaired) electrons. The van der Waals surface area contributed by atoms with Crippen molar-refractivity contribution in [2.45, 2.75) is 44.6 Å². The zero-order chi connectivity index (χ0) is 26.0. The number of thiazole rings is 1. The summed E-state index contributed by atoms with van der Waals surface area (Å²) in [6.45, 7) is 0.999. The quantitative estimate of drug-likeness (QED) is 0.339. The molecule has 8 heteroatoms. The van der Waals surface area contributed by atoms with Crippen molar-refractivity contribution in [1.29, 1.82) is 0 Å². The molecule has 1 aliphatic rings. The van der Waals surface area contributed by atoms with Gasteiger partial charge in [0.05, 0.1) is 18.5 Å². The van der Waals surface area contributed by atoms with Gasteiger partial charge in [0.1, 0.15) is 18.4 Å². The fourth-order valence-corrected chi connectivity index (χ4v) is 5.46. The Morgan fingerprint density at radius 3 is 2.51 bits per heavy atom. The lowest BCUT2D eigenvalue weighted by molar-refractivity contribution is -0.141. The molecule has 196 valence electrons. The molecular weight excluding hydrogens is 486 g/mol. The summed E-state index contributed by atoms with van der Waals surface area (Å²) in [5.74, 6) is 0.791. The molecule has 1 fully saturated rings. The maximum atomic E-state index is 12.6. The topological polar surface area (TPSA) is 80.8 Å². The van der Waals surface area contributed by atoms with Crippen molar-refractivity contribution in [2.24, 2.45) is 5.92 Å². The lowest BCUT2D eigenvalue weighted by Crippen LogP contribution is -2.36. The molecule has 1 heterocycles. The molecular formula is C29H35N3O4S. The fourth-order valence-electron chi connectivity index (χ4n) is 4.59. The van der Waals surface area contributed by atoms with Gasteiger partial charge in [0.25, 0.3) is 0 Å². The second-order valence-electron chi connectivity index (χ2n) is 9.41. The summed E-state index contributed by atoms with van der Waals surface area (Å²) >= 11 is 1.50. The number of rotatable bonds is 11. The Kier molecular flexibility index (Phi) is 9.54. The van der Waals surface area contributed by atoms with Crippen LogP contribution < -0.4 is 10.1 Å². The Morgan fingerprint density at radius 2 is 1.81 bits per heavy atom. The predicted molar refractivity (Wildman–Crippen MR) is 147 cm³/mol. The third-order valence-corrected chi connectivity index (χ3v) is 7.71. The highest BCUT2D eigenvalue weighted by atomic mass is 32.1. The zero-order valence-electron chi connectivity index (χ0n) is 21.5. The first-order valence-corrected chi connectivity index (χ1v) is 13.7. The van der Waals surface area contributed by atoms with E-state index in [2.05, 4.69) is 10.3 Å². The number of methoxy groups -OCH3 is 1. The number of likely N-dealkylation sites (N-methyl/N-ethyl adjacent to an activating group) is 1. The number of hydrogen-bond donors (Lipinski definition) is 1. The van der Waals surface area contributed by atoms with Gasteiger partial charge in [-0.1, -0.05) is 73.1 Å². The van der Waals surface area contributed by atoms with Gasteiger partial charge in [-0.2, -0.15) is 0 Å². The molecule has 0 unspecified atom stereocenters. The van der Waals surface area contributed by atoms with E-state index in [-0.39, 0.29) is 17.8 Å². The molecule has 1 atom stereocenters. The Morgan fingerprint density at radius 1 is 1.08 bits per heavy atom. The van der Waals surface area contributed by atoms with Gasteiger partial charge in [0.2, 0.25) is 5.91 Å². The molecule has 1 aromatic heterocycles. The minimum atomic E-state index is -0.564.